The lowest BCUT2D eigenvalue weighted by atomic mass is 10.2. The van der Waals surface area contributed by atoms with Crippen LogP contribution in [0.4, 0.5) is 5.69 Å². The van der Waals surface area contributed by atoms with Crippen LogP contribution in [-0.2, 0) is 4.79 Å². The Labute approximate surface area is 122 Å². The molecule has 0 aromatic heterocycles. The number of anilines is 1. The minimum atomic E-state index is -0.0599. The number of carbonyl (C=O) groups excluding carboxylic acids is 2. The van der Waals surface area contributed by atoms with Crippen LogP contribution in [0.2, 0.25) is 0 Å². The summed E-state index contributed by atoms with van der Waals surface area (Å²) in [5.74, 6) is 0.256. The number of benzene rings is 2. The fourth-order valence-corrected chi connectivity index (χ4v) is 2.42. The van der Waals surface area contributed by atoms with Crippen molar-refractivity contribution in [1.29, 1.82) is 0 Å². The number of rotatable bonds is 5. The number of aldehydes is 1. The van der Waals surface area contributed by atoms with Crippen molar-refractivity contribution < 1.29 is 9.59 Å². The molecule has 0 aliphatic carbocycles. The van der Waals surface area contributed by atoms with Crippen molar-refractivity contribution >= 4 is 29.6 Å². The van der Waals surface area contributed by atoms with Gasteiger partial charge in [-0.1, -0.05) is 29.8 Å². The van der Waals surface area contributed by atoms with Gasteiger partial charge >= 0.3 is 0 Å². The normalized spacial score (nSPS) is 10.1. The van der Waals surface area contributed by atoms with Crippen molar-refractivity contribution in [3.8, 4) is 0 Å². The molecule has 2 aromatic rings. The lowest BCUT2D eigenvalue weighted by Gasteiger charge is -2.05. The number of amides is 1. The summed E-state index contributed by atoms with van der Waals surface area (Å²) in [6.45, 7) is 2.00. The maximum atomic E-state index is 11.8. The highest BCUT2D eigenvalue weighted by molar-refractivity contribution is 8.00. The molecule has 0 unspecified atom stereocenters. The molecule has 1 amide bonds. The average Bonchev–Trinajstić information content (AvgIpc) is 2.48. The van der Waals surface area contributed by atoms with E-state index in [0.717, 1.165) is 22.4 Å². The van der Waals surface area contributed by atoms with Crippen molar-refractivity contribution in [3.05, 3.63) is 59.7 Å². The van der Waals surface area contributed by atoms with E-state index < -0.39 is 0 Å². The Hall–Kier alpha value is -2.07. The van der Waals surface area contributed by atoms with Gasteiger partial charge < -0.3 is 5.32 Å². The van der Waals surface area contributed by atoms with E-state index in [2.05, 4.69) is 5.32 Å². The fraction of sp³-hybridized carbons (Fsp3) is 0.125. The SMILES string of the molecule is Cc1ccc(NC(=O)CSc2cccc(C=O)c2)cc1. The number of thioether (sulfide) groups is 1. The maximum absolute atomic E-state index is 11.8. The Bertz CT molecular complexity index is 608. The number of hydrogen-bond donors (Lipinski definition) is 1. The molecule has 0 heterocycles. The molecule has 2 rings (SSSR count). The molecular weight excluding hydrogens is 270 g/mol. The van der Waals surface area contributed by atoms with Gasteiger partial charge in [-0.25, -0.2) is 0 Å². The summed E-state index contributed by atoms with van der Waals surface area (Å²) in [6, 6.07) is 14.9. The summed E-state index contributed by atoms with van der Waals surface area (Å²) in [4.78, 5) is 23.4. The summed E-state index contributed by atoms with van der Waals surface area (Å²) >= 11 is 1.41. The van der Waals surface area contributed by atoms with Gasteiger partial charge in [0.1, 0.15) is 6.29 Å². The second kappa shape index (κ2) is 6.91. The van der Waals surface area contributed by atoms with Crippen LogP contribution < -0.4 is 5.32 Å². The maximum Gasteiger partial charge on any atom is 0.234 e. The first-order valence-corrected chi connectivity index (χ1v) is 7.20. The first kappa shape index (κ1) is 14.3. The van der Waals surface area contributed by atoms with E-state index in [-0.39, 0.29) is 5.91 Å². The van der Waals surface area contributed by atoms with Gasteiger partial charge in [0, 0.05) is 16.1 Å². The van der Waals surface area contributed by atoms with Crippen molar-refractivity contribution in [1.82, 2.24) is 0 Å². The van der Waals surface area contributed by atoms with E-state index in [4.69, 9.17) is 0 Å². The van der Waals surface area contributed by atoms with Crippen LogP contribution >= 0.6 is 11.8 Å². The predicted molar refractivity (Wildman–Crippen MR) is 82.4 cm³/mol. The van der Waals surface area contributed by atoms with Gasteiger partial charge in [0.2, 0.25) is 5.91 Å². The Morgan fingerprint density at radius 2 is 1.95 bits per heavy atom. The van der Waals surface area contributed by atoms with Gasteiger partial charge in [0.05, 0.1) is 5.75 Å². The molecule has 0 saturated carbocycles. The van der Waals surface area contributed by atoms with E-state index in [9.17, 15) is 9.59 Å². The Morgan fingerprint density at radius 3 is 2.65 bits per heavy atom. The monoisotopic (exact) mass is 285 g/mol. The highest BCUT2D eigenvalue weighted by Crippen LogP contribution is 2.19. The number of aryl methyl sites for hydroxylation is 1. The second-order valence-corrected chi connectivity index (χ2v) is 5.44. The summed E-state index contributed by atoms with van der Waals surface area (Å²) in [5.41, 5.74) is 2.57. The molecule has 0 aliphatic rings. The third kappa shape index (κ3) is 4.24. The van der Waals surface area contributed by atoms with Crippen molar-refractivity contribution in [2.45, 2.75) is 11.8 Å². The molecule has 0 bridgehead atoms. The molecule has 0 radical (unpaired) electrons. The van der Waals surface area contributed by atoms with Crippen LogP contribution in [0.25, 0.3) is 0 Å². The molecule has 102 valence electrons. The highest BCUT2D eigenvalue weighted by atomic mass is 32.2. The first-order valence-electron chi connectivity index (χ1n) is 6.22. The molecule has 0 saturated heterocycles. The largest absolute Gasteiger partial charge is 0.325 e. The van der Waals surface area contributed by atoms with Crippen LogP contribution in [0, 0.1) is 6.92 Å². The average molecular weight is 285 g/mol. The number of nitrogens with one attached hydrogen (secondary N) is 1. The van der Waals surface area contributed by atoms with Gasteiger partial charge in [-0.15, -0.1) is 11.8 Å². The molecular formula is C16H15NO2S. The van der Waals surface area contributed by atoms with Gasteiger partial charge in [0.25, 0.3) is 0 Å². The molecule has 3 nitrogen and oxygen atoms in total. The van der Waals surface area contributed by atoms with Crippen molar-refractivity contribution in [2.24, 2.45) is 0 Å². The third-order valence-corrected chi connectivity index (χ3v) is 3.69. The molecule has 20 heavy (non-hydrogen) atoms. The van der Waals surface area contributed by atoms with Gasteiger partial charge in [0.15, 0.2) is 0 Å². The quantitative estimate of drug-likeness (QED) is 0.675. The second-order valence-electron chi connectivity index (χ2n) is 4.39. The van der Waals surface area contributed by atoms with E-state index in [1.807, 2.05) is 43.3 Å². The Balaban J connectivity index is 1.88. The van der Waals surface area contributed by atoms with Gasteiger partial charge in [-0.3, -0.25) is 9.59 Å². The summed E-state index contributed by atoms with van der Waals surface area (Å²) < 4.78 is 0. The van der Waals surface area contributed by atoms with E-state index in [1.165, 1.54) is 11.8 Å². The van der Waals surface area contributed by atoms with Gasteiger partial charge in [-0.05, 0) is 31.2 Å². The minimum Gasteiger partial charge on any atom is -0.325 e. The molecule has 4 heteroatoms. The smallest absolute Gasteiger partial charge is 0.234 e. The van der Waals surface area contributed by atoms with E-state index in [0.29, 0.717) is 11.3 Å². The lowest BCUT2D eigenvalue weighted by molar-refractivity contribution is -0.113. The molecule has 0 fully saturated rings. The third-order valence-electron chi connectivity index (χ3n) is 2.70. The molecule has 2 aromatic carbocycles. The summed E-state index contributed by atoms with van der Waals surface area (Å²) in [5, 5.41) is 2.84. The zero-order valence-corrected chi connectivity index (χ0v) is 11.9. The zero-order chi connectivity index (χ0) is 14.4. The van der Waals surface area contributed by atoms with Crippen LogP contribution in [0.3, 0.4) is 0 Å². The molecule has 1 N–H and O–H groups in total. The van der Waals surface area contributed by atoms with Crippen LogP contribution in [-0.4, -0.2) is 17.9 Å². The molecule has 0 atom stereocenters. The number of hydrogen-bond acceptors (Lipinski definition) is 3. The first-order chi connectivity index (χ1) is 9.67. The van der Waals surface area contributed by atoms with Crippen LogP contribution in [0.5, 0.6) is 0 Å². The Morgan fingerprint density at radius 1 is 1.20 bits per heavy atom. The summed E-state index contributed by atoms with van der Waals surface area (Å²) in [7, 11) is 0. The molecule has 0 spiro atoms. The van der Waals surface area contributed by atoms with Crippen molar-refractivity contribution in [3.63, 3.8) is 0 Å². The fourth-order valence-electron chi connectivity index (χ4n) is 1.66. The zero-order valence-electron chi connectivity index (χ0n) is 11.1. The van der Waals surface area contributed by atoms with Gasteiger partial charge in [-0.2, -0.15) is 0 Å². The van der Waals surface area contributed by atoms with E-state index in [1.54, 1.807) is 12.1 Å². The van der Waals surface area contributed by atoms with Crippen molar-refractivity contribution in [2.75, 3.05) is 11.1 Å². The lowest BCUT2D eigenvalue weighted by Crippen LogP contribution is -2.13. The molecule has 0 aliphatic heterocycles. The Kier molecular flexibility index (Phi) is 4.96. The number of carbonyl (C=O) groups is 2. The van der Waals surface area contributed by atoms with Crippen LogP contribution in [0.15, 0.2) is 53.4 Å². The minimum absolute atomic E-state index is 0.0599. The summed E-state index contributed by atoms with van der Waals surface area (Å²) in [6.07, 6.45) is 0.802. The predicted octanol–water partition coefficient (Wildman–Crippen LogP) is 3.54. The highest BCUT2D eigenvalue weighted by Gasteiger charge is 2.04. The van der Waals surface area contributed by atoms with E-state index >= 15 is 0 Å². The topological polar surface area (TPSA) is 46.2 Å². The standard InChI is InChI=1S/C16H15NO2S/c1-12-5-7-14(8-6-12)17-16(19)11-20-15-4-2-3-13(9-15)10-18/h2-10H,11H2,1H3,(H,17,19). The van der Waals surface area contributed by atoms with Crippen LogP contribution in [0.1, 0.15) is 15.9 Å².